The minimum atomic E-state index is 0.483. The molecule has 0 saturated heterocycles. The Kier molecular flexibility index (Phi) is 3.71. The maximum Gasteiger partial charge on any atom is 0.138 e. The zero-order valence-electron chi connectivity index (χ0n) is 11.8. The number of nitrogens with zero attached hydrogens (tertiary/aromatic N) is 1. The van der Waals surface area contributed by atoms with E-state index in [4.69, 9.17) is 10.5 Å². The Labute approximate surface area is 123 Å². The molecule has 3 aromatic rings. The number of nitrogens with one attached hydrogen (secondary N) is 1. The lowest BCUT2D eigenvalue weighted by Crippen LogP contribution is -2.03. The quantitative estimate of drug-likeness (QED) is 0.768. The van der Waals surface area contributed by atoms with Crippen LogP contribution in [0.4, 0.5) is 11.5 Å². The van der Waals surface area contributed by atoms with Gasteiger partial charge >= 0.3 is 0 Å². The first-order valence-electron chi connectivity index (χ1n) is 6.80. The zero-order chi connectivity index (χ0) is 14.7. The van der Waals surface area contributed by atoms with Crippen molar-refractivity contribution in [3.63, 3.8) is 0 Å². The van der Waals surface area contributed by atoms with Crippen LogP contribution in [0.15, 0.2) is 54.7 Å². The van der Waals surface area contributed by atoms with Gasteiger partial charge in [-0.3, -0.25) is 0 Å². The normalized spacial score (nSPS) is 10.6. The lowest BCUT2D eigenvalue weighted by atomic mass is 10.1. The van der Waals surface area contributed by atoms with Crippen molar-refractivity contribution in [1.82, 2.24) is 4.98 Å². The van der Waals surface area contributed by atoms with Crippen LogP contribution in [-0.4, -0.2) is 12.1 Å². The summed E-state index contributed by atoms with van der Waals surface area (Å²) in [4.78, 5) is 4.45. The molecule has 0 aliphatic rings. The minimum Gasteiger partial charge on any atom is -0.496 e. The molecule has 2 aromatic carbocycles. The number of nitrogens with two attached hydrogens (primary N) is 1. The van der Waals surface area contributed by atoms with E-state index in [1.54, 1.807) is 13.3 Å². The number of para-hydroxylation sites is 1. The summed E-state index contributed by atoms with van der Waals surface area (Å²) in [6, 6.07) is 15.9. The van der Waals surface area contributed by atoms with Gasteiger partial charge in [0.2, 0.25) is 0 Å². The SMILES string of the molecule is COc1cccc2c(Nc3ccccc3CN)nccc12. The van der Waals surface area contributed by atoms with Gasteiger partial charge in [-0.2, -0.15) is 0 Å². The number of rotatable bonds is 4. The van der Waals surface area contributed by atoms with E-state index in [9.17, 15) is 0 Å². The summed E-state index contributed by atoms with van der Waals surface area (Å²) in [6.07, 6.45) is 1.78. The number of methoxy groups -OCH3 is 1. The van der Waals surface area contributed by atoms with Gasteiger partial charge in [0, 0.05) is 29.2 Å². The van der Waals surface area contributed by atoms with Crippen molar-refractivity contribution in [2.75, 3.05) is 12.4 Å². The molecule has 3 rings (SSSR count). The molecule has 3 N–H and O–H groups in total. The first-order chi connectivity index (χ1) is 10.3. The molecule has 0 bridgehead atoms. The molecular formula is C17H17N3O. The standard InChI is InChI=1S/C17H17N3O/c1-21-16-8-4-6-14-13(16)9-10-19-17(14)20-15-7-3-2-5-12(15)11-18/h2-10H,11,18H2,1H3,(H,19,20). The van der Waals surface area contributed by atoms with Crippen LogP contribution in [0.1, 0.15) is 5.56 Å². The predicted octanol–water partition coefficient (Wildman–Crippen LogP) is 3.45. The van der Waals surface area contributed by atoms with Crippen molar-refractivity contribution < 1.29 is 4.74 Å². The second-order valence-corrected chi connectivity index (χ2v) is 4.70. The molecule has 0 spiro atoms. The van der Waals surface area contributed by atoms with Gasteiger partial charge in [-0.25, -0.2) is 4.98 Å². The molecule has 106 valence electrons. The van der Waals surface area contributed by atoms with E-state index in [1.807, 2.05) is 48.5 Å². The van der Waals surface area contributed by atoms with Gasteiger partial charge in [0.25, 0.3) is 0 Å². The van der Waals surface area contributed by atoms with Crippen LogP contribution in [0.25, 0.3) is 10.8 Å². The molecule has 4 heteroatoms. The Hall–Kier alpha value is -2.59. The summed E-state index contributed by atoms with van der Waals surface area (Å²) in [7, 11) is 1.67. The van der Waals surface area contributed by atoms with Crippen molar-refractivity contribution in [3.8, 4) is 5.75 Å². The average Bonchev–Trinajstić information content (AvgIpc) is 2.55. The number of benzene rings is 2. The van der Waals surface area contributed by atoms with E-state index in [0.29, 0.717) is 6.54 Å². The zero-order valence-corrected chi connectivity index (χ0v) is 11.8. The van der Waals surface area contributed by atoms with Crippen molar-refractivity contribution in [2.45, 2.75) is 6.54 Å². The van der Waals surface area contributed by atoms with Crippen LogP contribution in [-0.2, 0) is 6.54 Å². The molecule has 0 saturated carbocycles. The van der Waals surface area contributed by atoms with E-state index < -0.39 is 0 Å². The summed E-state index contributed by atoms with van der Waals surface area (Å²) in [6.45, 7) is 0.483. The van der Waals surface area contributed by atoms with Crippen LogP contribution in [0.3, 0.4) is 0 Å². The van der Waals surface area contributed by atoms with E-state index in [0.717, 1.165) is 33.6 Å². The van der Waals surface area contributed by atoms with Crippen LogP contribution in [0.2, 0.25) is 0 Å². The van der Waals surface area contributed by atoms with Crippen molar-refractivity contribution in [2.24, 2.45) is 5.73 Å². The highest BCUT2D eigenvalue weighted by Gasteiger charge is 2.08. The Balaban J connectivity index is 2.09. The second-order valence-electron chi connectivity index (χ2n) is 4.70. The van der Waals surface area contributed by atoms with Gasteiger partial charge in [-0.15, -0.1) is 0 Å². The van der Waals surface area contributed by atoms with E-state index in [1.165, 1.54) is 0 Å². The lowest BCUT2D eigenvalue weighted by molar-refractivity contribution is 0.420. The molecule has 0 aliphatic carbocycles. The summed E-state index contributed by atoms with van der Waals surface area (Å²) in [5, 5.41) is 5.42. The van der Waals surface area contributed by atoms with Gasteiger partial charge in [0.1, 0.15) is 11.6 Å². The number of hydrogen-bond acceptors (Lipinski definition) is 4. The highest BCUT2D eigenvalue weighted by molar-refractivity contribution is 5.97. The molecule has 0 atom stereocenters. The minimum absolute atomic E-state index is 0.483. The van der Waals surface area contributed by atoms with Crippen molar-refractivity contribution in [3.05, 3.63) is 60.3 Å². The first-order valence-corrected chi connectivity index (χ1v) is 6.80. The Bertz CT molecular complexity index is 771. The number of fused-ring (bicyclic) bond motifs is 1. The molecule has 1 heterocycles. The number of anilines is 2. The van der Waals surface area contributed by atoms with Crippen molar-refractivity contribution >= 4 is 22.3 Å². The highest BCUT2D eigenvalue weighted by Crippen LogP contribution is 2.31. The fourth-order valence-electron chi connectivity index (χ4n) is 2.40. The van der Waals surface area contributed by atoms with Gasteiger partial charge in [-0.1, -0.05) is 30.3 Å². The maximum absolute atomic E-state index is 5.78. The largest absolute Gasteiger partial charge is 0.496 e. The number of aromatic nitrogens is 1. The molecule has 0 unspecified atom stereocenters. The summed E-state index contributed by atoms with van der Waals surface area (Å²) in [5.74, 6) is 1.64. The number of ether oxygens (including phenoxy) is 1. The lowest BCUT2D eigenvalue weighted by Gasteiger charge is -2.13. The molecule has 0 radical (unpaired) electrons. The molecule has 0 amide bonds. The number of pyridine rings is 1. The van der Waals surface area contributed by atoms with Crippen LogP contribution in [0.5, 0.6) is 5.75 Å². The topological polar surface area (TPSA) is 60.2 Å². The first kappa shape index (κ1) is 13.4. The predicted molar refractivity (Wildman–Crippen MR) is 85.9 cm³/mol. The van der Waals surface area contributed by atoms with Crippen LogP contribution < -0.4 is 15.8 Å². The fraction of sp³-hybridized carbons (Fsp3) is 0.118. The molecule has 0 aliphatic heterocycles. The van der Waals surface area contributed by atoms with Gasteiger partial charge in [0.15, 0.2) is 0 Å². The van der Waals surface area contributed by atoms with Crippen molar-refractivity contribution in [1.29, 1.82) is 0 Å². The van der Waals surface area contributed by atoms with E-state index >= 15 is 0 Å². The Morgan fingerprint density at radius 2 is 1.90 bits per heavy atom. The maximum atomic E-state index is 5.78. The Morgan fingerprint density at radius 1 is 1.05 bits per heavy atom. The summed E-state index contributed by atoms with van der Waals surface area (Å²) < 4.78 is 5.40. The van der Waals surface area contributed by atoms with E-state index in [-0.39, 0.29) is 0 Å². The third-order valence-electron chi connectivity index (χ3n) is 3.48. The van der Waals surface area contributed by atoms with E-state index in [2.05, 4.69) is 10.3 Å². The molecule has 1 aromatic heterocycles. The van der Waals surface area contributed by atoms with Gasteiger partial charge < -0.3 is 15.8 Å². The average molecular weight is 279 g/mol. The fourth-order valence-corrected chi connectivity index (χ4v) is 2.40. The van der Waals surface area contributed by atoms with Crippen LogP contribution in [0, 0.1) is 0 Å². The Morgan fingerprint density at radius 3 is 2.71 bits per heavy atom. The highest BCUT2D eigenvalue weighted by atomic mass is 16.5. The second kappa shape index (κ2) is 5.81. The molecule has 21 heavy (non-hydrogen) atoms. The van der Waals surface area contributed by atoms with Crippen LogP contribution >= 0.6 is 0 Å². The van der Waals surface area contributed by atoms with Gasteiger partial charge in [-0.05, 0) is 23.8 Å². The van der Waals surface area contributed by atoms with Gasteiger partial charge in [0.05, 0.1) is 7.11 Å². The molecule has 0 fully saturated rings. The molecular weight excluding hydrogens is 262 g/mol. The number of hydrogen-bond donors (Lipinski definition) is 2. The summed E-state index contributed by atoms with van der Waals surface area (Å²) in [5.41, 5.74) is 7.81. The smallest absolute Gasteiger partial charge is 0.138 e. The summed E-state index contributed by atoms with van der Waals surface area (Å²) >= 11 is 0. The third kappa shape index (κ3) is 2.53. The third-order valence-corrected chi connectivity index (χ3v) is 3.48. The molecule has 4 nitrogen and oxygen atoms in total. The monoisotopic (exact) mass is 279 g/mol.